The second-order valence-corrected chi connectivity index (χ2v) is 6.65. The number of carbonyl (C=O) groups excluding carboxylic acids is 1. The van der Waals surface area contributed by atoms with Crippen molar-refractivity contribution in [1.29, 1.82) is 0 Å². The molecule has 1 aromatic rings. The van der Waals surface area contributed by atoms with Gasteiger partial charge < -0.3 is 10.1 Å². The van der Waals surface area contributed by atoms with E-state index in [1.54, 1.807) is 26.0 Å². The second kappa shape index (κ2) is 5.51. The molecule has 0 saturated carbocycles. The Kier molecular flexibility index (Phi) is 4.12. The van der Waals surface area contributed by atoms with Crippen molar-refractivity contribution in [3.63, 3.8) is 0 Å². The first kappa shape index (κ1) is 15.0. The minimum atomic E-state index is -3.61. The van der Waals surface area contributed by atoms with Crippen LogP contribution in [0.5, 0.6) is 0 Å². The molecule has 6 nitrogen and oxygen atoms in total. The fourth-order valence-electron chi connectivity index (χ4n) is 2.18. The van der Waals surface area contributed by atoms with Crippen LogP contribution in [0.3, 0.4) is 0 Å². The number of hydrogen-bond acceptors (Lipinski definition) is 4. The molecule has 2 atom stereocenters. The van der Waals surface area contributed by atoms with E-state index in [-0.39, 0.29) is 22.8 Å². The summed E-state index contributed by atoms with van der Waals surface area (Å²) in [5.41, 5.74) is 1.38. The van der Waals surface area contributed by atoms with Gasteiger partial charge in [0.2, 0.25) is 15.9 Å². The normalized spacial score (nSPS) is 19.6. The topological polar surface area (TPSA) is 84.5 Å². The van der Waals surface area contributed by atoms with E-state index in [0.717, 1.165) is 0 Å². The van der Waals surface area contributed by atoms with Gasteiger partial charge in [-0.1, -0.05) is 0 Å². The molecular weight excluding hydrogens is 280 g/mol. The lowest BCUT2D eigenvalue weighted by atomic mass is 10.0. The predicted molar refractivity (Wildman–Crippen MR) is 75.1 cm³/mol. The average molecular weight is 298 g/mol. The molecule has 1 aromatic carbocycles. The maximum Gasteiger partial charge on any atom is 0.240 e. The van der Waals surface area contributed by atoms with Gasteiger partial charge in [-0.15, -0.1) is 0 Å². The van der Waals surface area contributed by atoms with E-state index < -0.39 is 10.0 Å². The summed E-state index contributed by atoms with van der Waals surface area (Å²) in [6, 6.07) is 4.32. The summed E-state index contributed by atoms with van der Waals surface area (Å²) in [5.74, 6) is -0.452. The molecule has 20 heavy (non-hydrogen) atoms. The van der Waals surface area contributed by atoms with Crippen LogP contribution in [0.15, 0.2) is 23.1 Å². The number of fused-ring (bicyclic) bond motifs is 1. The molecule has 0 bridgehead atoms. The molecule has 1 aliphatic heterocycles. The summed E-state index contributed by atoms with van der Waals surface area (Å²) >= 11 is 0. The van der Waals surface area contributed by atoms with E-state index in [4.69, 9.17) is 4.74 Å². The van der Waals surface area contributed by atoms with Crippen molar-refractivity contribution in [3.05, 3.63) is 23.8 Å². The van der Waals surface area contributed by atoms with Crippen LogP contribution in [-0.2, 0) is 19.6 Å². The lowest BCUT2D eigenvalue weighted by molar-refractivity contribution is -0.116. The van der Waals surface area contributed by atoms with Crippen LogP contribution < -0.4 is 10.0 Å². The van der Waals surface area contributed by atoms with Gasteiger partial charge in [-0.25, -0.2) is 13.1 Å². The van der Waals surface area contributed by atoms with Crippen molar-refractivity contribution in [2.75, 3.05) is 19.0 Å². The first-order valence-electron chi connectivity index (χ1n) is 6.31. The molecule has 110 valence electrons. The standard InChI is InChI=1S/C13H18N2O4S/c1-8(7-19-3)15-20(17,18)10-4-5-12-11(6-10)9(2)13(16)14-12/h4-6,8-9,15H,7H2,1-3H3,(H,14,16)/t8-,9-/m0/s1. The van der Waals surface area contributed by atoms with Gasteiger partial charge in [0.25, 0.3) is 0 Å². The van der Waals surface area contributed by atoms with Gasteiger partial charge in [0.15, 0.2) is 0 Å². The summed E-state index contributed by atoms with van der Waals surface area (Å²) in [6.07, 6.45) is 0. The minimum Gasteiger partial charge on any atom is -0.383 e. The molecule has 0 aromatic heterocycles. The smallest absolute Gasteiger partial charge is 0.240 e. The van der Waals surface area contributed by atoms with Gasteiger partial charge in [-0.3, -0.25) is 4.79 Å². The molecule has 1 aliphatic rings. The Labute approximate surface area is 118 Å². The van der Waals surface area contributed by atoms with Gasteiger partial charge >= 0.3 is 0 Å². The molecule has 1 amide bonds. The Morgan fingerprint density at radius 3 is 2.80 bits per heavy atom. The van der Waals surface area contributed by atoms with E-state index in [1.165, 1.54) is 13.2 Å². The summed E-state index contributed by atoms with van der Waals surface area (Å²) in [4.78, 5) is 11.7. The monoisotopic (exact) mass is 298 g/mol. The van der Waals surface area contributed by atoms with Crippen molar-refractivity contribution < 1.29 is 17.9 Å². The van der Waals surface area contributed by atoms with Crippen molar-refractivity contribution >= 4 is 21.6 Å². The van der Waals surface area contributed by atoms with Crippen molar-refractivity contribution in [3.8, 4) is 0 Å². The number of carbonyl (C=O) groups is 1. The number of ether oxygens (including phenoxy) is 1. The van der Waals surface area contributed by atoms with Crippen LogP contribution in [0.1, 0.15) is 25.3 Å². The minimum absolute atomic E-state index is 0.116. The molecule has 0 fully saturated rings. The average Bonchev–Trinajstić information content (AvgIpc) is 2.64. The molecule has 7 heteroatoms. The third-order valence-corrected chi connectivity index (χ3v) is 4.81. The summed E-state index contributed by atoms with van der Waals surface area (Å²) in [6.45, 7) is 3.77. The number of hydrogen-bond donors (Lipinski definition) is 2. The van der Waals surface area contributed by atoms with Crippen molar-refractivity contribution in [1.82, 2.24) is 4.72 Å². The zero-order chi connectivity index (χ0) is 14.9. The Hall–Kier alpha value is -1.44. The summed E-state index contributed by atoms with van der Waals surface area (Å²) in [7, 11) is -2.10. The molecule has 0 saturated heterocycles. The van der Waals surface area contributed by atoms with Gasteiger partial charge in [0.05, 0.1) is 17.4 Å². The van der Waals surface area contributed by atoms with E-state index >= 15 is 0 Å². The van der Waals surface area contributed by atoms with E-state index in [2.05, 4.69) is 10.0 Å². The molecule has 0 aliphatic carbocycles. The fourth-order valence-corrected chi connectivity index (χ4v) is 3.44. The van der Waals surface area contributed by atoms with Gasteiger partial charge in [-0.05, 0) is 37.6 Å². The molecular formula is C13H18N2O4S. The number of nitrogens with one attached hydrogen (secondary N) is 2. The quantitative estimate of drug-likeness (QED) is 0.851. The fraction of sp³-hybridized carbons (Fsp3) is 0.462. The zero-order valence-corrected chi connectivity index (χ0v) is 12.5. The molecule has 2 rings (SSSR count). The second-order valence-electron chi connectivity index (χ2n) is 4.94. The van der Waals surface area contributed by atoms with Crippen molar-refractivity contribution in [2.45, 2.75) is 30.7 Å². The Morgan fingerprint density at radius 1 is 1.45 bits per heavy atom. The van der Waals surface area contributed by atoms with E-state index in [9.17, 15) is 13.2 Å². The highest BCUT2D eigenvalue weighted by atomic mass is 32.2. The van der Waals surface area contributed by atoms with Crippen molar-refractivity contribution in [2.24, 2.45) is 0 Å². The van der Waals surface area contributed by atoms with Gasteiger partial charge in [0, 0.05) is 18.8 Å². The third-order valence-electron chi connectivity index (χ3n) is 3.22. The Morgan fingerprint density at radius 2 is 2.15 bits per heavy atom. The first-order valence-corrected chi connectivity index (χ1v) is 7.79. The maximum atomic E-state index is 12.2. The molecule has 0 unspecified atom stereocenters. The number of rotatable bonds is 5. The van der Waals surface area contributed by atoms with Crippen LogP contribution in [0.4, 0.5) is 5.69 Å². The number of sulfonamides is 1. The highest BCUT2D eigenvalue weighted by Gasteiger charge is 2.28. The maximum absolute atomic E-state index is 12.2. The van der Waals surface area contributed by atoms with E-state index in [1.807, 2.05) is 0 Å². The Bertz CT molecular complexity index is 627. The highest BCUT2D eigenvalue weighted by Crippen LogP contribution is 2.33. The van der Waals surface area contributed by atoms with Crippen LogP contribution in [0, 0.1) is 0 Å². The number of methoxy groups -OCH3 is 1. The lowest BCUT2D eigenvalue weighted by Gasteiger charge is -2.14. The van der Waals surface area contributed by atoms with Crippen LogP contribution >= 0.6 is 0 Å². The summed E-state index contributed by atoms with van der Waals surface area (Å²) in [5, 5.41) is 2.71. The van der Waals surface area contributed by atoms with E-state index in [0.29, 0.717) is 17.9 Å². The molecule has 0 spiro atoms. The number of benzene rings is 1. The largest absolute Gasteiger partial charge is 0.383 e. The number of anilines is 1. The zero-order valence-electron chi connectivity index (χ0n) is 11.6. The third kappa shape index (κ3) is 2.84. The van der Waals surface area contributed by atoms with Gasteiger partial charge in [0.1, 0.15) is 0 Å². The molecule has 1 heterocycles. The predicted octanol–water partition coefficient (Wildman–Crippen LogP) is 1.06. The first-order chi connectivity index (χ1) is 9.35. The Balaban J connectivity index is 2.28. The lowest BCUT2D eigenvalue weighted by Crippen LogP contribution is -2.35. The summed E-state index contributed by atoms with van der Waals surface area (Å²) < 4.78 is 31.9. The van der Waals surface area contributed by atoms with Crippen LogP contribution in [-0.4, -0.2) is 34.1 Å². The molecule has 2 N–H and O–H groups in total. The molecule has 0 radical (unpaired) electrons. The highest BCUT2D eigenvalue weighted by molar-refractivity contribution is 7.89. The number of amides is 1. The van der Waals surface area contributed by atoms with Crippen LogP contribution in [0.2, 0.25) is 0 Å². The van der Waals surface area contributed by atoms with Crippen LogP contribution in [0.25, 0.3) is 0 Å². The SMILES string of the molecule is COC[C@H](C)NS(=O)(=O)c1ccc2c(c1)[C@H](C)C(=O)N2. The van der Waals surface area contributed by atoms with Gasteiger partial charge in [-0.2, -0.15) is 0 Å².